The molecule has 1 N–H and O–H groups in total. The fraction of sp³-hybridized carbons (Fsp3) is 0.235. The first-order valence-electron chi connectivity index (χ1n) is 6.59. The largest absolute Gasteiger partial charge is 0.496 e. The van der Waals surface area contributed by atoms with E-state index in [9.17, 15) is 5.26 Å². The van der Waals surface area contributed by atoms with Crippen LogP contribution in [-0.4, -0.2) is 7.11 Å². The maximum Gasteiger partial charge on any atom is 0.125 e. The smallest absolute Gasteiger partial charge is 0.125 e. The summed E-state index contributed by atoms with van der Waals surface area (Å²) in [5.41, 5.74) is 2.02. The van der Waals surface area contributed by atoms with E-state index in [0.29, 0.717) is 0 Å². The molecular formula is C17H18N2O. The lowest BCUT2D eigenvalue weighted by molar-refractivity contribution is 0.402. The Morgan fingerprint density at radius 3 is 2.35 bits per heavy atom. The van der Waals surface area contributed by atoms with Gasteiger partial charge in [-0.1, -0.05) is 48.5 Å². The van der Waals surface area contributed by atoms with E-state index >= 15 is 0 Å². The Balaban J connectivity index is 2.20. The monoisotopic (exact) mass is 266 g/mol. The van der Waals surface area contributed by atoms with E-state index in [4.69, 9.17) is 4.74 Å². The summed E-state index contributed by atoms with van der Waals surface area (Å²) in [4.78, 5) is 0. The van der Waals surface area contributed by atoms with Crippen LogP contribution in [0.2, 0.25) is 0 Å². The fourth-order valence-electron chi connectivity index (χ4n) is 2.19. The first-order chi connectivity index (χ1) is 9.76. The van der Waals surface area contributed by atoms with Gasteiger partial charge in [0.15, 0.2) is 0 Å². The molecule has 2 aromatic rings. The number of para-hydroxylation sites is 1. The number of nitrogens with zero attached hydrogens (tertiary/aromatic N) is 1. The topological polar surface area (TPSA) is 45.0 Å². The van der Waals surface area contributed by atoms with Crippen molar-refractivity contribution >= 4 is 0 Å². The van der Waals surface area contributed by atoms with Gasteiger partial charge < -0.3 is 4.74 Å². The molecule has 0 fully saturated rings. The molecule has 2 atom stereocenters. The molecule has 0 saturated carbocycles. The van der Waals surface area contributed by atoms with Crippen LogP contribution < -0.4 is 10.1 Å². The Kier molecular flexibility index (Phi) is 4.75. The minimum absolute atomic E-state index is 0.0887. The summed E-state index contributed by atoms with van der Waals surface area (Å²) >= 11 is 0. The molecule has 0 bridgehead atoms. The molecule has 0 radical (unpaired) electrons. The van der Waals surface area contributed by atoms with Gasteiger partial charge in [-0.15, -0.1) is 0 Å². The van der Waals surface area contributed by atoms with Crippen molar-refractivity contribution in [1.29, 1.82) is 5.26 Å². The van der Waals surface area contributed by atoms with Crippen LogP contribution in [0.4, 0.5) is 0 Å². The van der Waals surface area contributed by atoms with Crippen LogP contribution in [0.15, 0.2) is 54.6 Å². The van der Waals surface area contributed by atoms with E-state index in [1.807, 2.05) is 54.6 Å². The predicted octanol–water partition coefficient (Wildman–Crippen LogP) is 3.61. The summed E-state index contributed by atoms with van der Waals surface area (Å²) < 4.78 is 5.32. The molecule has 20 heavy (non-hydrogen) atoms. The zero-order valence-electron chi connectivity index (χ0n) is 11.7. The van der Waals surface area contributed by atoms with Gasteiger partial charge in [0, 0.05) is 11.6 Å². The van der Waals surface area contributed by atoms with E-state index in [0.717, 1.165) is 16.9 Å². The molecule has 0 aliphatic rings. The van der Waals surface area contributed by atoms with Crippen molar-refractivity contribution in [3.05, 3.63) is 65.7 Å². The van der Waals surface area contributed by atoms with E-state index < -0.39 is 6.04 Å². The molecule has 0 amide bonds. The molecule has 3 heteroatoms. The standard InChI is InChI=1S/C17H18N2O/c1-13(14-8-4-3-5-9-14)19-16(12-18)15-10-6-7-11-17(15)20-2/h3-11,13,16,19H,1-2H3/t13-,16+/m1/s1. The van der Waals surface area contributed by atoms with E-state index in [1.165, 1.54) is 0 Å². The molecular weight excluding hydrogens is 248 g/mol. The quantitative estimate of drug-likeness (QED) is 0.899. The average molecular weight is 266 g/mol. The minimum atomic E-state index is -0.402. The molecule has 102 valence electrons. The van der Waals surface area contributed by atoms with Crippen molar-refractivity contribution in [2.75, 3.05) is 7.11 Å². The third-order valence-corrected chi connectivity index (χ3v) is 3.30. The van der Waals surface area contributed by atoms with Gasteiger partial charge in [0.25, 0.3) is 0 Å². The van der Waals surface area contributed by atoms with Gasteiger partial charge in [-0.25, -0.2) is 0 Å². The van der Waals surface area contributed by atoms with Crippen molar-refractivity contribution in [3.8, 4) is 11.8 Å². The first-order valence-corrected chi connectivity index (χ1v) is 6.59. The second-order valence-corrected chi connectivity index (χ2v) is 4.60. The number of rotatable bonds is 5. The van der Waals surface area contributed by atoms with Crippen molar-refractivity contribution in [2.24, 2.45) is 0 Å². The van der Waals surface area contributed by atoms with E-state index in [1.54, 1.807) is 7.11 Å². The summed E-state index contributed by atoms with van der Waals surface area (Å²) in [7, 11) is 1.62. The predicted molar refractivity (Wildman–Crippen MR) is 79.3 cm³/mol. The van der Waals surface area contributed by atoms with Crippen LogP contribution >= 0.6 is 0 Å². The molecule has 3 nitrogen and oxygen atoms in total. The van der Waals surface area contributed by atoms with E-state index in [-0.39, 0.29) is 6.04 Å². The third-order valence-electron chi connectivity index (χ3n) is 3.30. The van der Waals surface area contributed by atoms with Crippen LogP contribution in [0.5, 0.6) is 5.75 Å². The highest BCUT2D eigenvalue weighted by atomic mass is 16.5. The van der Waals surface area contributed by atoms with Crippen molar-refractivity contribution in [3.63, 3.8) is 0 Å². The SMILES string of the molecule is COc1ccccc1[C@H](C#N)N[C@H](C)c1ccccc1. The highest BCUT2D eigenvalue weighted by molar-refractivity contribution is 5.38. The maximum absolute atomic E-state index is 9.43. The minimum Gasteiger partial charge on any atom is -0.496 e. The van der Waals surface area contributed by atoms with Gasteiger partial charge in [0.1, 0.15) is 11.8 Å². The lowest BCUT2D eigenvalue weighted by atomic mass is 10.0. The first kappa shape index (κ1) is 14.1. The zero-order chi connectivity index (χ0) is 14.4. The van der Waals surface area contributed by atoms with Gasteiger partial charge >= 0.3 is 0 Å². The number of nitrogens with one attached hydrogen (secondary N) is 1. The summed E-state index contributed by atoms with van der Waals surface area (Å²) in [6.45, 7) is 2.05. The summed E-state index contributed by atoms with van der Waals surface area (Å²) in [6, 6.07) is 19.7. The molecule has 0 unspecified atom stereocenters. The molecule has 2 rings (SSSR count). The number of hydrogen-bond acceptors (Lipinski definition) is 3. The number of benzene rings is 2. The molecule has 0 aliphatic carbocycles. The lowest BCUT2D eigenvalue weighted by Gasteiger charge is -2.20. The molecule has 0 heterocycles. The Labute approximate surface area is 119 Å². The highest BCUT2D eigenvalue weighted by Gasteiger charge is 2.17. The van der Waals surface area contributed by atoms with Crippen molar-refractivity contribution < 1.29 is 4.74 Å². The summed E-state index contributed by atoms with van der Waals surface area (Å²) in [5, 5.41) is 12.8. The van der Waals surface area contributed by atoms with Crippen molar-refractivity contribution in [2.45, 2.75) is 19.0 Å². The Morgan fingerprint density at radius 2 is 1.70 bits per heavy atom. The molecule has 0 spiro atoms. The van der Waals surface area contributed by atoms with Gasteiger partial charge in [0.2, 0.25) is 0 Å². The number of ether oxygens (including phenoxy) is 1. The fourth-order valence-corrected chi connectivity index (χ4v) is 2.19. The Hall–Kier alpha value is -2.31. The van der Waals surface area contributed by atoms with Crippen LogP contribution in [0.1, 0.15) is 30.1 Å². The Morgan fingerprint density at radius 1 is 1.05 bits per heavy atom. The second-order valence-electron chi connectivity index (χ2n) is 4.60. The number of methoxy groups -OCH3 is 1. The normalized spacial score (nSPS) is 13.2. The van der Waals surface area contributed by atoms with Crippen LogP contribution in [0.25, 0.3) is 0 Å². The second kappa shape index (κ2) is 6.74. The third kappa shape index (κ3) is 3.17. The van der Waals surface area contributed by atoms with Gasteiger partial charge in [0.05, 0.1) is 13.2 Å². The molecule has 0 saturated heterocycles. The molecule has 2 aromatic carbocycles. The van der Waals surface area contributed by atoms with Crippen LogP contribution in [0, 0.1) is 11.3 Å². The van der Waals surface area contributed by atoms with Gasteiger partial charge in [-0.05, 0) is 18.6 Å². The zero-order valence-corrected chi connectivity index (χ0v) is 11.7. The van der Waals surface area contributed by atoms with Gasteiger partial charge in [-0.2, -0.15) is 5.26 Å². The van der Waals surface area contributed by atoms with E-state index in [2.05, 4.69) is 18.3 Å². The summed E-state index contributed by atoms with van der Waals surface area (Å²) in [5.74, 6) is 0.729. The highest BCUT2D eigenvalue weighted by Crippen LogP contribution is 2.26. The average Bonchev–Trinajstić information content (AvgIpc) is 2.53. The van der Waals surface area contributed by atoms with Crippen LogP contribution in [0.3, 0.4) is 0 Å². The summed E-state index contributed by atoms with van der Waals surface area (Å²) in [6.07, 6.45) is 0. The number of hydrogen-bond donors (Lipinski definition) is 1. The van der Waals surface area contributed by atoms with Crippen LogP contribution in [-0.2, 0) is 0 Å². The number of nitriles is 1. The lowest BCUT2D eigenvalue weighted by Crippen LogP contribution is -2.24. The Bertz CT molecular complexity index is 589. The maximum atomic E-state index is 9.43. The van der Waals surface area contributed by atoms with Gasteiger partial charge in [-0.3, -0.25) is 5.32 Å². The molecule has 0 aromatic heterocycles. The van der Waals surface area contributed by atoms with Crippen molar-refractivity contribution in [1.82, 2.24) is 5.32 Å². The molecule has 0 aliphatic heterocycles.